The summed E-state index contributed by atoms with van der Waals surface area (Å²) in [5.74, 6) is 0.148. The molecule has 1 amide bonds. The molecule has 110 valence electrons. The highest BCUT2D eigenvalue weighted by molar-refractivity contribution is 5.79. The lowest BCUT2D eigenvalue weighted by molar-refractivity contribution is -0.135. The number of nitrogens with zero attached hydrogens (tertiary/aromatic N) is 2. The Bertz CT molecular complexity index is 461. The van der Waals surface area contributed by atoms with E-state index in [-0.39, 0.29) is 17.9 Å². The van der Waals surface area contributed by atoms with Crippen LogP contribution in [0.2, 0.25) is 0 Å². The molecule has 1 aromatic rings. The van der Waals surface area contributed by atoms with Crippen LogP contribution in [0.3, 0.4) is 0 Å². The van der Waals surface area contributed by atoms with Gasteiger partial charge >= 0.3 is 0 Å². The molecule has 0 aliphatic heterocycles. The van der Waals surface area contributed by atoms with Crippen LogP contribution in [0.4, 0.5) is 0 Å². The van der Waals surface area contributed by atoms with E-state index < -0.39 is 0 Å². The monoisotopic (exact) mass is 275 g/mol. The lowest BCUT2D eigenvalue weighted by atomic mass is 9.94. The Hall–Kier alpha value is -1.42. The van der Waals surface area contributed by atoms with Gasteiger partial charge in [0.25, 0.3) is 0 Å². The SMILES string of the molecule is Cc1cccc(CN(C)C(=O)C2CCCCCC2N)n1. The van der Waals surface area contributed by atoms with E-state index >= 15 is 0 Å². The lowest BCUT2D eigenvalue weighted by Crippen LogP contribution is -2.42. The summed E-state index contributed by atoms with van der Waals surface area (Å²) >= 11 is 0. The van der Waals surface area contributed by atoms with E-state index in [1.807, 2.05) is 32.2 Å². The third-order valence-electron chi connectivity index (χ3n) is 4.11. The molecule has 0 bridgehead atoms. The van der Waals surface area contributed by atoms with E-state index in [1.54, 1.807) is 4.90 Å². The summed E-state index contributed by atoms with van der Waals surface area (Å²) in [6, 6.07) is 5.92. The molecule has 0 spiro atoms. The normalized spacial score (nSPS) is 23.1. The van der Waals surface area contributed by atoms with Gasteiger partial charge in [-0.05, 0) is 31.9 Å². The van der Waals surface area contributed by atoms with Crippen molar-refractivity contribution in [3.8, 4) is 0 Å². The zero-order valence-electron chi connectivity index (χ0n) is 12.5. The molecule has 1 saturated carbocycles. The van der Waals surface area contributed by atoms with Crippen molar-refractivity contribution < 1.29 is 4.79 Å². The zero-order chi connectivity index (χ0) is 14.5. The molecule has 4 heteroatoms. The molecular weight excluding hydrogens is 250 g/mol. The van der Waals surface area contributed by atoms with Crippen molar-refractivity contribution in [2.45, 2.75) is 51.6 Å². The van der Waals surface area contributed by atoms with Gasteiger partial charge in [0.15, 0.2) is 0 Å². The van der Waals surface area contributed by atoms with Gasteiger partial charge in [0, 0.05) is 18.8 Å². The van der Waals surface area contributed by atoms with Gasteiger partial charge in [-0.2, -0.15) is 0 Å². The van der Waals surface area contributed by atoms with Gasteiger partial charge in [-0.3, -0.25) is 9.78 Å². The maximum atomic E-state index is 12.6. The number of amides is 1. The number of rotatable bonds is 3. The van der Waals surface area contributed by atoms with Crippen LogP contribution < -0.4 is 5.73 Å². The molecular formula is C16H25N3O. The second-order valence-electron chi connectivity index (χ2n) is 5.87. The Balaban J connectivity index is 2.00. The number of carbonyl (C=O) groups excluding carboxylic acids is 1. The van der Waals surface area contributed by atoms with Crippen LogP contribution in [0, 0.1) is 12.8 Å². The van der Waals surface area contributed by atoms with Crippen molar-refractivity contribution in [1.82, 2.24) is 9.88 Å². The third-order valence-corrected chi connectivity index (χ3v) is 4.11. The summed E-state index contributed by atoms with van der Waals surface area (Å²) in [6.45, 7) is 2.52. The molecule has 1 aliphatic carbocycles. The van der Waals surface area contributed by atoms with E-state index in [0.717, 1.165) is 37.1 Å². The topological polar surface area (TPSA) is 59.2 Å². The third kappa shape index (κ3) is 3.79. The van der Waals surface area contributed by atoms with Crippen LogP contribution in [0.5, 0.6) is 0 Å². The Kier molecular flexibility index (Phi) is 5.12. The first-order valence-electron chi connectivity index (χ1n) is 7.51. The predicted octanol–water partition coefficient (Wildman–Crippen LogP) is 2.26. The molecule has 0 radical (unpaired) electrons. The molecule has 0 saturated heterocycles. The Morgan fingerprint density at radius 3 is 2.85 bits per heavy atom. The van der Waals surface area contributed by atoms with Gasteiger partial charge in [-0.1, -0.05) is 25.3 Å². The zero-order valence-corrected chi connectivity index (χ0v) is 12.5. The van der Waals surface area contributed by atoms with E-state index in [1.165, 1.54) is 6.42 Å². The van der Waals surface area contributed by atoms with Crippen molar-refractivity contribution >= 4 is 5.91 Å². The molecule has 0 aromatic carbocycles. The van der Waals surface area contributed by atoms with Crippen molar-refractivity contribution in [2.24, 2.45) is 11.7 Å². The fourth-order valence-electron chi connectivity index (χ4n) is 2.93. The van der Waals surface area contributed by atoms with Crippen molar-refractivity contribution in [1.29, 1.82) is 0 Å². The van der Waals surface area contributed by atoms with Crippen LogP contribution in [0.15, 0.2) is 18.2 Å². The second kappa shape index (κ2) is 6.84. The number of carbonyl (C=O) groups is 1. The molecule has 4 nitrogen and oxygen atoms in total. The largest absolute Gasteiger partial charge is 0.340 e. The average Bonchev–Trinajstić information content (AvgIpc) is 2.62. The average molecular weight is 275 g/mol. The number of aromatic nitrogens is 1. The minimum absolute atomic E-state index is 0.0120. The summed E-state index contributed by atoms with van der Waals surface area (Å²) in [6.07, 6.45) is 5.34. The van der Waals surface area contributed by atoms with Crippen LogP contribution in [-0.2, 0) is 11.3 Å². The minimum atomic E-state index is -0.0210. The van der Waals surface area contributed by atoms with E-state index in [0.29, 0.717) is 6.54 Å². The van der Waals surface area contributed by atoms with Crippen LogP contribution in [0.1, 0.15) is 43.5 Å². The molecule has 2 rings (SSSR count). The van der Waals surface area contributed by atoms with Crippen LogP contribution >= 0.6 is 0 Å². The Labute approximate surface area is 121 Å². The number of pyridine rings is 1. The van der Waals surface area contributed by atoms with Gasteiger partial charge in [0.1, 0.15) is 0 Å². The van der Waals surface area contributed by atoms with Crippen molar-refractivity contribution in [3.63, 3.8) is 0 Å². The van der Waals surface area contributed by atoms with E-state index in [4.69, 9.17) is 5.73 Å². The molecule has 1 heterocycles. The molecule has 1 fully saturated rings. The fraction of sp³-hybridized carbons (Fsp3) is 0.625. The smallest absolute Gasteiger partial charge is 0.227 e. The lowest BCUT2D eigenvalue weighted by Gasteiger charge is -2.26. The minimum Gasteiger partial charge on any atom is -0.340 e. The number of aryl methyl sites for hydroxylation is 1. The molecule has 20 heavy (non-hydrogen) atoms. The molecule has 2 atom stereocenters. The van der Waals surface area contributed by atoms with Gasteiger partial charge in [-0.15, -0.1) is 0 Å². The molecule has 2 N–H and O–H groups in total. The second-order valence-corrected chi connectivity index (χ2v) is 5.87. The van der Waals surface area contributed by atoms with Gasteiger partial charge in [0.05, 0.1) is 18.2 Å². The summed E-state index contributed by atoms with van der Waals surface area (Å²) in [5.41, 5.74) is 8.09. The van der Waals surface area contributed by atoms with Crippen LogP contribution in [-0.4, -0.2) is 28.9 Å². The highest BCUT2D eigenvalue weighted by Gasteiger charge is 2.29. The first-order valence-corrected chi connectivity index (χ1v) is 7.51. The molecule has 1 aromatic heterocycles. The van der Waals surface area contributed by atoms with Crippen molar-refractivity contribution in [3.05, 3.63) is 29.6 Å². The number of nitrogens with two attached hydrogens (primary N) is 1. The van der Waals surface area contributed by atoms with Gasteiger partial charge < -0.3 is 10.6 Å². The first kappa shape index (κ1) is 15.0. The standard InChI is InChI=1S/C16H25N3O/c1-12-7-6-8-13(18-12)11-19(2)16(20)14-9-4-3-5-10-15(14)17/h6-8,14-15H,3-5,9-11,17H2,1-2H3. The highest BCUT2D eigenvalue weighted by Crippen LogP contribution is 2.24. The maximum Gasteiger partial charge on any atom is 0.227 e. The fourth-order valence-corrected chi connectivity index (χ4v) is 2.93. The Morgan fingerprint density at radius 1 is 1.35 bits per heavy atom. The number of hydrogen-bond donors (Lipinski definition) is 1. The highest BCUT2D eigenvalue weighted by atomic mass is 16.2. The quantitative estimate of drug-likeness (QED) is 0.861. The van der Waals surface area contributed by atoms with Crippen LogP contribution in [0.25, 0.3) is 0 Å². The maximum absolute atomic E-state index is 12.6. The molecule has 2 unspecified atom stereocenters. The summed E-state index contributed by atoms with van der Waals surface area (Å²) in [5, 5.41) is 0. The predicted molar refractivity (Wildman–Crippen MR) is 80.0 cm³/mol. The molecule has 1 aliphatic rings. The summed E-state index contributed by atoms with van der Waals surface area (Å²) in [7, 11) is 1.85. The van der Waals surface area contributed by atoms with E-state index in [9.17, 15) is 4.79 Å². The van der Waals surface area contributed by atoms with E-state index in [2.05, 4.69) is 4.98 Å². The summed E-state index contributed by atoms with van der Waals surface area (Å²) < 4.78 is 0. The van der Waals surface area contributed by atoms with Gasteiger partial charge in [-0.25, -0.2) is 0 Å². The Morgan fingerprint density at radius 2 is 2.10 bits per heavy atom. The van der Waals surface area contributed by atoms with Gasteiger partial charge in [0.2, 0.25) is 5.91 Å². The van der Waals surface area contributed by atoms with Crippen molar-refractivity contribution in [2.75, 3.05) is 7.05 Å². The first-order chi connectivity index (χ1) is 9.58. The number of hydrogen-bond acceptors (Lipinski definition) is 3. The summed E-state index contributed by atoms with van der Waals surface area (Å²) in [4.78, 5) is 18.8.